The van der Waals surface area contributed by atoms with Gasteiger partial charge in [0.25, 0.3) is 0 Å². The highest BCUT2D eigenvalue weighted by molar-refractivity contribution is 7.89. The summed E-state index contributed by atoms with van der Waals surface area (Å²) in [4.78, 5) is 12.0. The molecular weight excluding hydrogens is 377 g/mol. The highest BCUT2D eigenvalue weighted by Gasteiger charge is 2.29. The normalized spacial score (nSPS) is 11.8. The summed E-state index contributed by atoms with van der Waals surface area (Å²) in [5, 5.41) is 6.82. The molecule has 0 saturated carbocycles. The van der Waals surface area contributed by atoms with Gasteiger partial charge in [-0.25, -0.2) is 8.42 Å². The molecule has 2 rings (SSSR count). The molecule has 0 bridgehead atoms. The van der Waals surface area contributed by atoms with Crippen LogP contribution in [-0.2, 0) is 14.8 Å². The number of aryl methyl sites for hydroxylation is 2. The van der Waals surface area contributed by atoms with Gasteiger partial charge in [0.05, 0.1) is 16.6 Å². The summed E-state index contributed by atoms with van der Waals surface area (Å²) < 4.78 is 30.9. The predicted molar refractivity (Wildman–Crippen MR) is 90.9 cm³/mol. The van der Waals surface area contributed by atoms with Crippen LogP contribution in [0.3, 0.4) is 0 Å². The Balaban J connectivity index is 2.12. The second-order valence-electron chi connectivity index (χ2n) is 5.09. The lowest BCUT2D eigenvalue weighted by atomic mass is 10.3. The Morgan fingerprint density at radius 2 is 1.96 bits per heavy atom. The fourth-order valence-corrected chi connectivity index (χ4v) is 3.77. The Kier molecular flexibility index (Phi) is 5.54. The van der Waals surface area contributed by atoms with Gasteiger partial charge in [-0.15, -0.1) is 0 Å². The van der Waals surface area contributed by atoms with Crippen molar-refractivity contribution in [3.63, 3.8) is 0 Å². The van der Waals surface area contributed by atoms with Gasteiger partial charge in [-0.05, 0) is 32.0 Å². The number of amides is 1. The summed E-state index contributed by atoms with van der Waals surface area (Å²) in [6.45, 7) is 2.64. The first-order chi connectivity index (χ1) is 11.1. The van der Waals surface area contributed by atoms with Crippen molar-refractivity contribution in [2.45, 2.75) is 18.7 Å². The number of sulfonamides is 1. The number of rotatable bonds is 5. The van der Waals surface area contributed by atoms with Crippen LogP contribution < -0.4 is 5.32 Å². The van der Waals surface area contributed by atoms with E-state index in [9.17, 15) is 13.2 Å². The summed E-state index contributed by atoms with van der Waals surface area (Å²) in [7, 11) is -2.59. The molecule has 1 aromatic carbocycles. The minimum atomic E-state index is -3.89. The average molecular weight is 392 g/mol. The maximum absolute atomic E-state index is 12.5. The van der Waals surface area contributed by atoms with Crippen LogP contribution >= 0.6 is 23.2 Å². The fraction of sp³-hybridized carbons (Fsp3) is 0.286. The maximum Gasteiger partial charge on any atom is 0.248 e. The van der Waals surface area contributed by atoms with Gasteiger partial charge in [0, 0.05) is 12.7 Å². The van der Waals surface area contributed by atoms with Gasteiger partial charge in [0.1, 0.15) is 10.6 Å². The minimum Gasteiger partial charge on any atom is -0.360 e. The molecule has 1 heterocycles. The molecule has 24 heavy (non-hydrogen) atoms. The number of carbonyl (C=O) groups excluding carboxylic acids is 1. The number of hydrogen-bond acceptors (Lipinski definition) is 5. The van der Waals surface area contributed by atoms with Crippen molar-refractivity contribution in [1.29, 1.82) is 0 Å². The molecule has 0 unspecified atom stereocenters. The summed E-state index contributed by atoms with van der Waals surface area (Å²) in [5.41, 5.74) is 0.654. The Morgan fingerprint density at radius 1 is 1.29 bits per heavy atom. The highest BCUT2D eigenvalue weighted by atomic mass is 35.5. The molecule has 0 atom stereocenters. The summed E-state index contributed by atoms with van der Waals surface area (Å²) in [6.07, 6.45) is 0. The minimum absolute atomic E-state index is 0.0349. The Labute approximate surface area is 149 Å². The Bertz CT molecular complexity index is 861. The van der Waals surface area contributed by atoms with Crippen LogP contribution in [0.15, 0.2) is 27.6 Å². The van der Waals surface area contributed by atoms with Gasteiger partial charge < -0.3 is 9.84 Å². The third kappa shape index (κ3) is 3.89. The SMILES string of the molecule is Cc1noc(C)c1S(=O)(=O)N(C)CC(=O)Nc1ccc(Cl)c(Cl)c1. The molecule has 0 aliphatic heterocycles. The lowest BCUT2D eigenvalue weighted by molar-refractivity contribution is -0.116. The standard InChI is InChI=1S/C14H15Cl2N3O4S/c1-8-14(9(2)23-18-8)24(21,22)19(3)7-13(20)17-10-4-5-11(15)12(16)6-10/h4-6H,7H2,1-3H3,(H,17,20). The van der Waals surface area contributed by atoms with E-state index in [1.165, 1.54) is 33.0 Å². The number of anilines is 1. The molecule has 0 saturated heterocycles. The lowest BCUT2D eigenvalue weighted by Crippen LogP contribution is -2.35. The van der Waals surface area contributed by atoms with Gasteiger partial charge in [-0.2, -0.15) is 4.31 Å². The van der Waals surface area contributed by atoms with Crippen LogP contribution in [-0.4, -0.2) is 37.4 Å². The molecular formula is C14H15Cl2N3O4S. The van der Waals surface area contributed by atoms with Gasteiger partial charge in [-0.3, -0.25) is 4.79 Å². The molecule has 0 fully saturated rings. The zero-order valence-electron chi connectivity index (χ0n) is 13.1. The van der Waals surface area contributed by atoms with Crippen molar-refractivity contribution < 1.29 is 17.7 Å². The van der Waals surface area contributed by atoms with Crippen LogP contribution in [0.25, 0.3) is 0 Å². The van der Waals surface area contributed by atoms with Crippen molar-refractivity contribution in [3.05, 3.63) is 39.7 Å². The molecule has 1 aromatic heterocycles. The smallest absolute Gasteiger partial charge is 0.248 e. The zero-order chi connectivity index (χ0) is 18.1. The number of benzene rings is 1. The van der Waals surface area contributed by atoms with Crippen molar-refractivity contribution >= 4 is 44.8 Å². The number of aromatic nitrogens is 1. The Morgan fingerprint density at radius 3 is 2.50 bits per heavy atom. The van der Waals surface area contributed by atoms with Crippen LogP contribution in [0.4, 0.5) is 5.69 Å². The second-order valence-corrected chi connectivity index (χ2v) is 7.89. The number of likely N-dealkylation sites (N-methyl/N-ethyl adjacent to an activating group) is 1. The predicted octanol–water partition coefficient (Wildman–Crippen LogP) is 2.86. The summed E-state index contributed by atoms with van der Waals surface area (Å²) >= 11 is 11.7. The van der Waals surface area contributed by atoms with Crippen LogP contribution in [0.5, 0.6) is 0 Å². The number of halogens is 2. The third-order valence-electron chi connectivity index (χ3n) is 3.21. The van der Waals surface area contributed by atoms with E-state index in [0.717, 1.165) is 4.31 Å². The third-order valence-corrected chi connectivity index (χ3v) is 5.99. The van der Waals surface area contributed by atoms with Gasteiger partial charge in [0.15, 0.2) is 5.76 Å². The van der Waals surface area contributed by atoms with Gasteiger partial charge >= 0.3 is 0 Å². The molecule has 0 aliphatic carbocycles. The fourth-order valence-electron chi connectivity index (χ4n) is 2.06. The summed E-state index contributed by atoms with van der Waals surface area (Å²) in [5.74, 6) is -0.351. The monoisotopic (exact) mass is 391 g/mol. The van der Waals surface area contributed by atoms with E-state index in [2.05, 4.69) is 10.5 Å². The lowest BCUT2D eigenvalue weighted by Gasteiger charge is -2.16. The molecule has 1 N–H and O–H groups in total. The van der Waals surface area contributed by atoms with E-state index >= 15 is 0 Å². The average Bonchev–Trinajstić information content (AvgIpc) is 2.82. The van der Waals surface area contributed by atoms with Crippen LogP contribution in [0.1, 0.15) is 11.5 Å². The number of nitrogens with one attached hydrogen (secondary N) is 1. The molecule has 0 radical (unpaired) electrons. The highest BCUT2D eigenvalue weighted by Crippen LogP contribution is 2.25. The first kappa shape index (κ1) is 18.7. The Hall–Kier alpha value is -1.61. The quantitative estimate of drug-likeness (QED) is 0.845. The van der Waals surface area contributed by atoms with Gasteiger partial charge in [0.2, 0.25) is 15.9 Å². The number of carbonyl (C=O) groups is 1. The second kappa shape index (κ2) is 7.10. The van der Waals surface area contributed by atoms with E-state index in [1.54, 1.807) is 6.07 Å². The number of hydrogen-bond donors (Lipinski definition) is 1. The molecule has 2 aromatic rings. The molecule has 130 valence electrons. The molecule has 7 nitrogen and oxygen atoms in total. The van der Waals surface area contributed by atoms with Gasteiger partial charge in [-0.1, -0.05) is 28.4 Å². The maximum atomic E-state index is 12.5. The van der Waals surface area contributed by atoms with E-state index < -0.39 is 15.9 Å². The van der Waals surface area contributed by atoms with Crippen molar-refractivity contribution in [3.8, 4) is 0 Å². The summed E-state index contributed by atoms with van der Waals surface area (Å²) in [6, 6.07) is 4.57. The van der Waals surface area contributed by atoms with E-state index in [-0.39, 0.29) is 27.9 Å². The largest absolute Gasteiger partial charge is 0.360 e. The first-order valence-corrected chi connectivity index (χ1v) is 8.96. The first-order valence-electron chi connectivity index (χ1n) is 6.77. The molecule has 10 heteroatoms. The van der Waals surface area contributed by atoms with E-state index in [4.69, 9.17) is 27.7 Å². The number of nitrogens with zero attached hydrogens (tertiary/aromatic N) is 2. The van der Waals surface area contributed by atoms with Crippen LogP contribution in [0, 0.1) is 13.8 Å². The molecule has 0 aliphatic rings. The molecule has 0 spiro atoms. The zero-order valence-corrected chi connectivity index (χ0v) is 15.5. The van der Waals surface area contributed by atoms with Crippen molar-refractivity contribution in [1.82, 2.24) is 9.46 Å². The van der Waals surface area contributed by atoms with Crippen molar-refractivity contribution in [2.75, 3.05) is 18.9 Å². The van der Waals surface area contributed by atoms with Crippen molar-refractivity contribution in [2.24, 2.45) is 0 Å². The van der Waals surface area contributed by atoms with E-state index in [1.807, 2.05) is 0 Å². The van der Waals surface area contributed by atoms with Crippen LogP contribution in [0.2, 0.25) is 10.0 Å². The van der Waals surface area contributed by atoms with E-state index in [0.29, 0.717) is 10.7 Å². The molecule has 1 amide bonds. The topological polar surface area (TPSA) is 92.5 Å².